The van der Waals surface area contributed by atoms with Crippen LogP contribution in [0.1, 0.15) is 79.1 Å². The van der Waals surface area contributed by atoms with E-state index in [2.05, 4.69) is 13.8 Å². The van der Waals surface area contributed by atoms with Crippen LogP contribution >= 0.6 is 0 Å². The summed E-state index contributed by atoms with van der Waals surface area (Å²) in [7, 11) is 0. The predicted octanol–water partition coefficient (Wildman–Crippen LogP) is 3.30. The number of hydrogen-bond acceptors (Lipinski definition) is 4. The number of aliphatic carboxylic acids is 2. The molecule has 140 valence electrons. The van der Waals surface area contributed by atoms with Crippen LogP contribution < -0.4 is 0 Å². The molecule has 0 aliphatic heterocycles. The average Bonchev–Trinajstić information content (AvgIpc) is 2.42. The number of aliphatic hydroxyl groups excluding tert-OH is 2. The SMILES string of the molecule is CCCC(=O)O.CCCC(=O)O.CCCCO.CCCCO.[Zr]. The van der Waals surface area contributed by atoms with Gasteiger partial charge in [-0.25, -0.2) is 0 Å². The molecule has 0 aromatic heterocycles. The van der Waals surface area contributed by atoms with E-state index in [0.717, 1.165) is 38.5 Å². The number of hydrogen-bond donors (Lipinski definition) is 4. The van der Waals surface area contributed by atoms with Crippen molar-refractivity contribution in [3.8, 4) is 0 Å². The van der Waals surface area contributed by atoms with E-state index in [-0.39, 0.29) is 26.2 Å². The average molecular weight is 416 g/mol. The zero-order valence-electron chi connectivity index (χ0n) is 15.2. The van der Waals surface area contributed by atoms with E-state index in [1.54, 1.807) is 0 Å². The van der Waals surface area contributed by atoms with Crippen molar-refractivity contribution >= 4 is 11.9 Å². The summed E-state index contributed by atoms with van der Waals surface area (Å²) in [5.41, 5.74) is 0. The maximum Gasteiger partial charge on any atom is 0.303 e. The fourth-order valence-electron chi connectivity index (χ4n) is 0.744. The van der Waals surface area contributed by atoms with Gasteiger partial charge in [-0.3, -0.25) is 9.59 Å². The Kier molecular flexibility index (Phi) is 56.1. The summed E-state index contributed by atoms with van der Waals surface area (Å²) < 4.78 is 0. The van der Waals surface area contributed by atoms with E-state index >= 15 is 0 Å². The summed E-state index contributed by atoms with van der Waals surface area (Å²) in [5, 5.41) is 32.0. The minimum atomic E-state index is -0.711. The number of aliphatic hydroxyl groups is 2. The van der Waals surface area contributed by atoms with Crippen LogP contribution in [0.25, 0.3) is 0 Å². The molecule has 0 atom stereocenters. The van der Waals surface area contributed by atoms with Crippen LogP contribution in [-0.4, -0.2) is 45.6 Å². The molecule has 0 aliphatic rings. The Labute approximate surface area is 160 Å². The van der Waals surface area contributed by atoms with Gasteiger partial charge in [0.2, 0.25) is 0 Å². The van der Waals surface area contributed by atoms with E-state index in [0.29, 0.717) is 26.1 Å². The first-order chi connectivity index (χ1) is 10.4. The maximum atomic E-state index is 9.60. The number of carboxylic acid groups (broad SMARTS) is 2. The van der Waals surface area contributed by atoms with Crippen LogP contribution in [0.2, 0.25) is 0 Å². The quantitative estimate of drug-likeness (QED) is 0.483. The Balaban J connectivity index is -0.0000000620. The van der Waals surface area contributed by atoms with E-state index in [4.69, 9.17) is 20.4 Å². The summed E-state index contributed by atoms with van der Waals surface area (Å²) >= 11 is 0. The molecule has 0 aromatic carbocycles. The Hall–Kier alpha value is -0.257. The molecule has 0 aromatic rings. The topological polar surface area (TPSA) is 115 Å². The molecule has 0 saturated heterocycles. The third-order valence-corrected chi connectivity index (χ3v) is 1.95. The number of unbranched alkanes of at least 4 members (excludes halogenated alkanes) is 2. The summed E-state index contributed by atoms with van der Waals surface area (Å²) in [6.07, 6.45) is 6.12. The van der Waals surface area contributed by atoms with E-state index in [1.807, 2.05) is 13.8 Å². The summed E-state index contributed by atoms with van der Waals surface area (Å²) in [6.45, 7) is 8.47. The van der Waals surface area contributed by atoms with Crippen molar-refractivity contribution in [2.24, 2.45) is 0 Å². The molecule has 4 N–H and O–H groups in total. The molecule has 0 bridgehead atoms. The Morgan fingerprint density at radius 2 is 0.913 bits per heavy atom. The van der Waals surface area contributed by atoms with Gasteiger partial charge in [-0.05, 0) is 25.7 Å². The molecule has 0 aliphatic carbocycles. The van der Waals surface area contributed by atoms with Crippen LogP contribution in [0.4, 0.5) is 0 Å². The van der Waals surface area contributed by atoms with Crippen LogP contribution in [0.15, 0.2) is 0 Å². The molecule has 0 radical (unpaired) electrons. The van der Waals surface area contributed by atoms with Crippen molar-refractivity contribution in [3.63, 3.8) is 0 Å². The Bertz CT molecular complexity index is 187. The van der Waals surface area contributed by atoms with Crippen LogP contribution in [0.3, 0.4) is 0 Å². The normalized spacial score (nSPS) is 7.91. The fraction of sp³-hybridized carbons (Fsp3) is 0.875. The van der Waals surface area contributed by atoms with Gasteiger partial charge < -0.3 is 20.4 Å². The van der Waals surface area contributed by atoms with Crippen LogP contribution in [-0.2, 0) is 35.8 Å². The molecule has 0 unspecified atom stereocenters. The molecule has 0 spiro atoms. The van der Waals surface area contributed by atoms with Gasteiger partial charge in [0, 0.05) is 52.3 Å². The second-order valence-electron chi connectivity index (χ2n) is 4.44. The Morgan fingerprint density at radius 1 is 0.652 bits per heavy atom. The van der Waals surface area contributed by atoms with Crippen molar-refractivity contribution in [2.45, 2.75) is 79.1 Å². The monoisotopic (exact) mass is 414 g/mol. The van der Waals surface area contributed by atoms with Gasteiger partial charge >= 0.3 is 11.9 Å². The first-order valence-electron chi connectivity index (χ1n) is 8.02. The molecule has 23 heavy (non-hydrogen) atoms. The van der Waals surface area contributed by atoms with E-state index in [1.165, 1.54) is 0 Å². The third-order valence-electron chi connectivity index (χ3n) is 1.95. The fourth-order valence-corrected chi connectivity index (χ4v) is 0.744. The molecule has 0 saturated carbocycles. The maximum absolute atomic E-state index is 9.60. The number of carboxylic acids is 2. The molecule has 0 rings (SSSR count). The molecule has 7 heteroatoms. The van der Waals surface area contributed by atoms with Gasteiger partial charge in [0.25, 0.3) is 0 Å². The van der Waals surface area contributed by atoms with Crippen LogP contribution in [0, 0.1) is 0 Å². The van der Waals surface area contributed by atoms with Crippen molar-refractivity contribution in [3.05, 3.63) is 0 Å². The number of carbonyl (C=O) groups is 2. The minimum Gasteiger partial charge on any atom is -0.481 e. The number of rotatable bonds is 8. The summed E-state index contributed by atoms with van der Waals surface area (Å²) in [4.78, 5) is 19.2. The zero-order valence-corrected chi connectivity index (χ0v) is 17.6. The van der Waals surface area contributed by atoms with Gasteiger partial charge in [0.05, 0.1) is 0 Å². The molecular weight excluding hydrogens is 379 g/mol. The minimum absolute atomic E-state index is 0. The molecule has 0 heterocycles. The second-order valence-corrected chi connectivity index (χ2v) is 4.44. The van der Waals surface area contributed by atoms with Crippen molar-refractivity contribution in [2.75, 3.05) is 13.2 Å². The first kappa shape index (κ1) is 34.2. The second kappa shape index (κ2) is 37.7. The zero-order chi connectivity index (χ0) is 18.2. The summed E-state index contributed by atoms with van der Waals surface area (Å²) in [6, 6.07) is 0. The van der Waals surface area contributed by atoms with Crippen LogP contribution in [0.5, 0.6) is 0 Å². The van der Waals surface area contributed by atoms with Crippen molar-refractivity contribution < 1.29 is 56.2 Å². The summed E-state index contributed by atoms with van der Waals surface area (Å²) in [5.74, 6) is -1.42. The van der Waals surface area contributed by atoms with Gasteiger partial charge in [-0.2, -0.15) is 0 Å². The van der Waals surface area contributed by atoms with Gasteiger partial charge in [-0.1, -0.05) is 40.5 Å². The van der Waals surface area contributed by atoms with Crippen molar-refractivity contribution in [1.82, 2.24) is 0 Å². The molecule has 0 amide bonds. The smallest absolute Gasteiger partial charge is 0.303 e. The van der Waals surface area contributed by atoms with Gasteiger partial charge in [0.1, 0.15) is 0 Å². The predicted molar refractivity (Wildman–Crippen MR) is 89.1 cm³/mol. The molecule has 6 nitrogen and oxygen atoms in total. The van der Waals surface area contributed by atoms with Gasteiger partial charge in [0.15, 0.2) is 0 Å². The van der Waals surface area contributed by atoms with E-state index < -0.39 is 11.9 Å². The van der Waals surface area contributed by atoms with E-state index in [9.17, 15) is 9.59 Å². The molecular formula is C16H36O6Zr. The van der Waals surface area contributed by atoms with Crippen molar-refractivity contribution in [1.29, 1.82) is 0 Å². The Morgan fingerprint density at radius 3 is 0.913 bits per heavy atom. The molecule has 0 fully saturated rings. The third kappa shape index (κ3) is 89.3. The largest absolute Gasteiger partial charge is 0.481 e. The van der Waals surface area contributed by atoms with Gasteiger partial charge in [-0.15, -0.1) is 0 Å². The first-order valence-corrected chi connectivity index (χ1v) is 8.02. The standard InChI is InChI=1S/2C4H8O2.2C4H10O.Zr/c2*1-2-3-4(5)6;2*1-2-3-4-5;/h2*2-3H2,1H3,(H,5,6);2*5H,2-4H2,1H3;.